The van der Waals surface area contributed by atoms with Gasteiger partial charge in [0.25, 0.3) is 11.8 Å². The molecule has 6 nitrogen and oxygen atoms in total. The third-order valence-corrected chi connectivity index (χ3v) is 8.96. The largest absolute Gasteiger partial charge is 0.497 e. The number of benzene rings is 4. The van der Waals surface area contributed by atoms with Gasteiger partial charge in [0.05, 0.1) is 24.2 Å². The van der Waals surface area contributed by atoms with Gasteiger partial charge in [0.15, 0.2) is 0 Å². The zero-order valence-electron chi connectivity index (χ0n) is 23.8. The number of carbonyl (C=O) groups is 2. The van der Waals surface area contributed by atoms with Gasteiger partial charge in [0.1, 0.15) is 5.75 Å². The standard InChI is InChI=1S/C35H33N3O3S/c1-25-7-3-4-8-28(25)24-38-31-9-5-6-10-32(31)42-33(35(38)40)23-26-11-13-27(14-12-26)34(39)37-21-19-36(20-22-37)29-15-17-30(41-2)18-16-29/h3-18,23H,19-22,24H2,1-2H3. The minimum absolute atomic E-state index is 0.0168. The van der Waals surface area contributed by atoms with E-state index in [1.807, 2.05) is 82.6 Å². The van der Waals surface area contributed by atoms with Gasteiger partial charge in [-0.05, 0) is 78.2 Å². The molecule has 4 aromatic rings. The molecule has 2 amide bonds. The topological polar surface area (TPSA) is 53.1 Å². The number of amides is 2. The molecule has 0 atom stereocenters. The molecular weight excluding hydrogens is 542 g/mol. The Kier molecular flexibility index (Phi) is 8.02. The number of aryl methyl sites for hydroxylation is 1. The Bertz CT molecular complexity index is 1620. The molecule has 0 radical (unpaired) electrons. The first-order valence-electron chi connectivity index (χ1n) is 14.1. The Hall–Kier alpha value is -4.49. The Labute approximate surface area is 251 Å². The molecule has 1 fully saturated rings. The average molecular weight is 576 g/mol. The van der Waals surface area contributed by atoms with E-state index >= 15 is 0 Å². The van der Waals surface area contributed by atoms with Crippen molar-refractivity contribution in [2.75, 3.05) is 43.1 Å². The smallest absolute Gasteiger partial charge is 0.265 e. The van der Waals surface area contributed by atoms with Crippen LogP contribution in [0.3, 0.4) is 0 Å². The van der Waals surface area contributed by atoms with Gasteiger partial charge in [0.2, 0.25) is 0 Å². The highest BCUT2D eigenvalue weighted by atomic mass is 32.2. The summed E-state index contributed by atoms with van der Waals surface area (Å²) >= 11 is 1.50. The number of piperazine rings is 1. The molecule has 0 unspecified atom stereocenters. The lowest BCUT2D eigenvalue weighted by Crippen LogP contribution is -2.48. The first kappa shape index (κ1) is 27.7. The number of hydrogen-bond acceptors (Lipinski definition) is 5. The predicted octanol–water partition coefficient (Wildman–Crippen LogP) is 6.65. The number of methoxy groups -OCH3 is 1. The van der Waals surface area contributed by atoms with Gasteiger partial charge in [-0.2, -0.15) is 0 Å². The van der Waals surface area contributed by atoms with Gasteiger partial charge in [-0.1, -0.05) is 60.3 Å². The summed E-state index contributed by atoms with van der Waals surface area (Å²) in [7, 11) is 1.66. The number of fused-ring (bicyclic) bond motifs is 1. The van der Waals surface area contributed by atoms with E-state index in [9.17, 15) is 9.59 Å². The van der Waals surface area contributed by atoms with E-state index in [0.29, 0.717) is 30.1 Å². The monoisotopic (exact) mass is 575 g/mol. The molecule has 0 aromatic heterocycles. The van der Waals surface area contributed by atoms with Crippen molar-refractivity contribution in [3.8, 4) is 5.75 Å². The van der Waals surface area contributed by atoms with Crippen LogP contribution in [0.4, 0.5) is 11.4 Å². The van der Waals surface area contributed by atoms with Crippen molar-refractivity contribution in [1.82, 2.24) is 4.90 Å². The highest BCUT2D eigenvalue weighted by Gasteiger charge is 2.29. The molecule has 0 bridgehead atoms. The fourth-order valence-corrected chi connectivity index (χ4v) is 6.45. The van der Waals surface area contributed by atoms with E-state index in [1.165, 1.54) is 11.8 Å². The summed E-state index contributed by atoms with van der Waals surface area (Å²) in [6.45, 7) is 5.48. The van der Waals surface area contributed by atoms with E-state index in [1.54, 1.807) is 7.11 Å². The van der Waals surface area contributed by atoms with E-state index < -0.39 is 0 Å². The van der Waals surface area contributed by atoms with Crippen LogP contribution in [0.1, 0.15) is 27.0 Å². The third-order valence-electron chi connectivity index (χ3n) is 7.88. The maximum Gasteiger partial charge on any atom is 0.265 e. The second-order valence-electron chi connectivity index (χ2n) is 10.5. The summed E-state index contributed by atoms with van der Waals surface area (Å²) in [5.41, 5.74) is 5.90. The molecule has 0 N–H and O–H groups in total. The average Bonchev–Trinajstić information content (AvgIpc) is 3.04. The molecule has 1 saturated heterocycles. The summed E-state index contributed by atoms with van der Waals surface area (Å²) in [5.74, 6) is 0.851. The minimum Gasteiger partial charge on any atom is -0.497 e. The first-order valence-corrected chi connectivity index (χ1v) is 14.9. The van der Waals surface area contributed by atoms with E-state index in [-0.39, 0.29) is 11.8 Å². The molecule has 2 aliphatic heterocycles. The highest BCUT2D eigenvalue weighted by molar-refractivity contribution is 8.04. The molecule has 4 aromatic carbocycles. The van der Waals surface area contributed by atoms with Gasteiger partial charge in [-0.25, -0.2) is 0 Å². The number of hydrogen-bond donors (Lipinski definition) is 0. The predicted molar refractivity (Wildman–Crippen MR) is 170 cm³/mol. The number of ether oxygens (including phenoxy) is 1. The minimum atomic E-state index is -0.0168. The number of rotatable bonds is 6. The second kappa shape index (κ2) is 12.2. The Morgan fingerprint density at radius 1 is 0.857 bits per heavy atom. The van der Waals surface area contributed by atoms with E-state index in [0.717, 1.165) is 51.8 Å². The number of carbonyl (C=O) groups excluding carboxylic acids is 2. The van der Waals surface area contributed by atoms with Gasteiger partial charge < -0.3 is 19.4 Å². The Morgan fingerprint density at radius 3 is 2.26 bits per heavy atom. The highest BCUT2D eigenvalue weighted by Crippen LogP contribution is 2.42. The maximum atomic E-state index is 13.7. The number of thioether (sulfide) groups is 1. The molecule has 0 spiro atoms. The second-order valence-corrected chi connectivity index (χ2v) is 11.6. The first-order chi connectivity index (χ1) is 20.5. The Balaban J connectivity index is 1.14. The van der Waals surface area contributed by atoms with Crippen LogP contribution in [0, 0.1) is 6.92 Å². The van der Waals surface area contributed by atoms with Gasteiger partial charge in [-0.15, -0.1) is 0 Å². The maximum absolute atomic E-state index is 13.7. The fourth-order valence-electron chi connectivity index (χ4n) is 5.39. The molecule has 0 saturated carbocycles. The molecule has 7 heteroatoms. The molecule has 2 heterocycles. The lowest BCUT2D eigenvalue weighted by Gasteiger charge is -2.36. The van der Waals surface area contributed by atoms with Crippen LogP contribution in [0.15, 0.2) is 107 Å². The van der Waals surface area contributed by atoms with Crippen LogP contribution in [0.25, 0.3) is 6.08 Å². The van der Waals surface area contributed by atoms with E-state index in [2.05, 4.69) is 42.2 Å². The van der Waals surface area contributed by atoms with Crippen molar-refractivity contribution in [1.29, 1.82) is 0 Å². The molecule has 42 heavy (non-hydrogen) atoms. The summed E-state index contributed by atoms with van der Waals surface area (Å²) in [4.78, 5) is 34.8. The van der Waals surface area contributed by atoms with E-state index in [4.69, 9.17) is 4.74 Å². The van der Waals surface area contributed by atoms with Crippen molar-refractivity contribution in [3.05, 3.63) is 124 Å². The van der Waals surface area contributed by atoms with Crippen LogP contribution in [0.5, 0.6) is 5.75 Å². The number of nitrogens with zero attached hydrogens (tertiary/aromatic N) is 3. The molecular formula is C35H33N3O3S. The summed E-state index contributed by atoms with van der Waals surface area (Å²) in [6.07, 6.45) is 1.93. The fraction of sp³-hybridized carbons (Fsp3) is 0.200. The Morgan fingerprint density at radius 2 is 1.55 bits per heavy atom. The van der Waals surface area contributed by atoms with Gasteiger partial charge >= 0.3 is 0 Å². The summed E-state index contributed by atoms with van der Waals surface area (Å²) < 4.78 is 5.26. The third kappa shape index (κ3) is 5.78. The molecule has 2 aliphatic rings. The van der Waals surface area contributed by atoms with Crippen molar-refractivity contribution < 1.29 is 14.3 Å². The number of anilines is 2. The SMILES string of the molecule is COc1ccc(N2CCN(C(=O)c3ccc(C=C4Sc5ccccc5N(Cc5ccccc5C)C4=O)cc3)CC2)cc1. The van der Waals surface area contributed by atoms with Gasteiger partial charge in [-0.3, -0.25) is 9.59 Å². The normalized spacial score (nSPS) is 16.0. The molecule has 6 rings (SSSR count). The molecule has 0 aliphatic carbocycles. The van der Waals surface area contributed by atoms with Crippen molar-refractivity contribution in [2.45, 2.75) is 18.4 Å². The quantitative estimate of drug-likeness (QED) is 0.241. The van der Waals surface area contributed by atoms with Gasteiger partial charge in [0, 0.05) is 42.3 Å². The summed E-state index contributed by atoms with van der Waals surface area (Å²) in [5, 5.41) is 0. The van der Waals surface area contributed by atoms with Crippen LogP contribution >= 0.6 is 11.8 Å². The van der Waals surface area contributed by atoms with Crippen LogP contribution < -0.4 is 14.5 Å². The summed E-state index contributed by atoms with van der Waals surface area (Å²) in [6, 6.07) is 31.8. The number of para-hydroxylation sites is 1. The van der Waals surface area contributed by atoms with Crippen LogP contribution in [-0.4, -0.2) is 50.0 Å². The van der Waals surface area contributed by atoms with Crippen molar-refractivity contribution in [3.63, 3.8) is 0 Å². The zero-order chi connectivity index (χ0) is 29.1. The van der Waals surface area contributed by atoms with Crippen molar-refractivity contribution >= 4 is 41.0 Å². The lowest BCUT2D eigenvalue weighted by molar-refractivity contribution is -0.114. The molecule has 212 valence electrons. The van der Waals surface area contributed by atoms with Crippen molar-refractivity contribution in [2.24, 2.45) is 0 Å². The lowest BCUT2D eigenvalue weighted by atomic mass is 10.1. The van der Waals surface area contributed by atoms with Crippen LogP contribution in [-0.2, 0) is 11.3 Å². The zero-order valence-corrected chi connectivity index (χ0v) is 24.6. The van der Waals surface area contributed by atoms with Crippen LogP contribution in [0.2, 0.25) is 0 Å².